The van der Waals surface area contributed by atoms with E-state index >= 15 is 0 Å². The number of aromatic amines is 1. The zero-order chi connectivity index (χ0) is 14.1. The topological polar surface area (TPSA) is 80.7 Å². The Labute approximate surface area is 117 Å². The zero-order valence-corrected chi connectivity index (χ0v) is 11.6. The number of oxazole rings is 1. The van der Waals surface area contributed by atoms with Gasteiger partial charge in [-0.3, -0.25) is 0 Å². The molecule has 1 atom stereocenters. The Morgan fingerprint density at radius 2 is 2.20 bits per heavy atom. The number of nitrogens with one attached hydrogen (secondary N) is 1. The molecule has 5 nitrogen and oxygen atoms in total. The molecule has 20 heavy (non-hydrogen) atoms. The third-order valence-electron chi connectivity index (χ3n) is 3.29. The van der Waals surface area contributed by atoms with Crippen LogP contribution in [-0.2, 0) is 0 Å². The van der Waals surface area contributed by atoms with Crippen molar-refractivity contribution in [2.45, 2.75) is 26.3 Å². The van der Waals surface area contributed by atoms with Gasteiger partial charge in [-0.15, -0.1) is 0 Å². The molecule has 0 amide bonds. The summed E-state index contributed by atoms with van der Waals surface area (Å²) >= 11 is 0. The van der Waals surface area contributed by atoms with Crippen molar-refractivity contribution < 1.29 is 4.42 Å². The molecule has 0 unspecified atom stereocenters. The van der Waals surface area contributed by atoms with Crippen LogP contribution in [0.1, 0.15) is 32.1 Å². The third-order valence-corrected chi connectivity index (χ3v) is 3.29. The summed E-state index contributed by atoms with van der Waals surface area (Å²) < 4.78 is 5.31. The first-order valence-electron chi connectivity index (χ1n) is 6.77. The molecule has 0 aliphatic carbocycles. The average Bonchev–Trinajstić information content (AvgIpc) is 3.06. The Kier molecular flexibility index (Phi) is 3.28. The zero-order valence-electron chi connectivity index (χ0n) is 11.6. The number of imidazole rings is 1. The first kappa shape index (κ1) is 12.9. The lowest BCUT2D eigenvalue weighted by atomic mass is 10.0. The number of hydrogen-bond donors (Lipinski definition) is 2. The van der Waals surface area contributed by atoms with Crippen LogP contribution in [0.5, 0.6) is 0 Å². The number of benzene rings is 1. The van der Waals surface area contributed by atoms with Crippen LogP contribution in [0, 0.1) is 5.92 Å². The second-order valence-electron chi connectivity index (χ2n) is 5.46. The molecule has 0 spiro atoms. The van der Waals surface area contributed by atoms with Gasteiger partial charge in [0.05, 0.1) is 23.3 Å². The van der Waals surface area contributed by atoms with Gasteiger partial charge in [0.2, 0.25) is 0 Å². The molecule has 0 bridgehead atoms. The van der Waals surface area contributed by atoms with E-state index in [-0.39, 0.29) is 6.04 Å². The van der Waals surface area contributed by atoms with Crippen molar-refractivity contribution in [3.8, 4) is 11.3 Å². The molecular formula is C15H18N4O. The second-order valence-corrected chi connectivity index (χ2v) is 5.46. The number of hydrogen-bond acceptors (Lipinski definition) is 4. The first-order chi connectivity index (χ1) is 9.63. The molecule has 5 heteroatoms. The lowest BCUT2D eigenvalue weighted by molar-refractivity contribution is 0.496. The maximum Gasteiger partial charge on any atom is 0.181 e. The van der Waals surface area contributed by atoms with Crippen molar-refractivity contribution in [3.63, 3.8) is 0 Å². The molecule has 0 radical (unpaired) electrons. The third kappa shape index (κ3) is 2.44. The Bertz CT molecular complexity index is 700. The van der Waals surface area contributed by atoms with E-state index in [0.717, 1.165) is 34.6 Å². The maximum atomic E-state index is 6.17. The first-order valence-corrected chi connectivity index (χ1v) is 6.77. The van der Waals surface area contributed by atoms with Gasteiger partial charge in [-0.05, 0) is 30.5 Å². The smallest absolute Gasteiger partial charge is 0.181 e. The molecular weight excluding hydrogens is 252 g/mol. The van der Waals surface area contributed by atoms with Crippen molar-refractivity contribution in [2.24, 2.45) is 11.7 Å². The molecule has 3 N–H and O–H groups in total. The summed E-state index contributed by atoms with van der Waals surface area (Å²) in [4.78, 5) is 11.8. The Hall–Kier alpha value is -2.14. The minimum atomic E-state index is -0.0591. The minimum Gasteiger partial charge on any atom is -0.444 e. The molecule has 0 saturated carbocycles. The predicted molar refractivity (Wildman–Crippen MR) is 78.0 cm³/mol. The van der Waals surface area contributed by atoms with E-state index in [4.69, 9.17) is 10.2 Å². The van der Waals surface area contributed by atoms with Crippen LogP contribution in [0.4, 0.5) is 0 Å². The standard InChI is InChI=1S/C15H18N4O/c1-9(2)5-11(16)15-18-12-4-3-10(6-13(12)19-15)14-7-17-8-20-14/h3-4,6-9,11H,5,16H2,1-2H3,(H,18,19)/t11-/m1/s1. The van der Waals surface area contributed by atoms with E-state index in [1.165, 1.54) is 6.39 Å². The van der Waals surface area contributed by atoms with Gasteiger partial charge in [-0.1, -0.05) is 13.8 Å². The van der Waals surface area contributed by atoms with Gasteiger partial charge in [0.1, 0.15) is 5.82 Å². The fourth-order valence-corrected chi connectivity index (χ4v) is 2.34. The molecule has 0 saturated heterocycles. The van der Waals surface area contributed by atoms with E-state index in [1.807, 2.05) is 18.2 Å². The molecule has 2 aromatic heterocycles. The summed E-state index contributed by atoms with van der Waals surface area (Å²) in [5.41, 5.74) is 9.03. The lowest BCUT2D eigenvalue weighted by Gasteiger charge is -2.10. The number of H-pyrrole nitrogens is 1. The van der Waals surface area contributed by atoms with Gasteiger partial charge in [0, 0.05) is 5.56 Å². The van der Waals surface area contributed by atoms with Crippen LogP contribution >= 0.6 is 0 Å². The molecule has 0 aliphatic heterocycles. The Morgan fingerprint density at radius 3 is 2.90 bits per heavy atom. The average molecular weight is 270 g/mol. The minimum absolute atomic E-state index is 0.0591. The van der Waals surface area contributed by atoms with Crippen molar-refractivity contribution >= 4 is 11.0 Å². The highest BCUT2D eigenvalue weighted by Crippen LogP contribution is 2.25. The van der Waals surface area contributed by atoms with Crippen LogP contribution in [0.25, 0.3) is 22.4 Å². The fourth-order valence-electron chi connectivity index (χ4n) is 2.34. The second kappa shape index (κ2) is 5.09. The van der Waals surface area contributed by atoms with Gasteiger partial charge in [-0.2, -0.15) is 0 Å². The number of nitrogens with two attached hydrogens (primary N) is 1. The van der Waals surface area contributed by atoms with Crippen molar-refractivity contribution in [1.82, 2.24) is 15.0 Å². The monoisotopic (exact) mass is 270 g/mol. The van der Waals surface area contributed by atoms with Crippen LogP contribution < -0.4 is 5.73 Å². The molecule has 104 valence electrons. The van der Waals surface area contributed by atoms with Crippen LogP contribution in [0.15, 0.2) is 35.2 Å². The van der Waals surface area contributed by atoms with Crippen molar-refractivity contribution in [1.29, 1.82) is 0 Å². The van der Waals surface area contributed by atoms with Gasteiger partial charge < -0.3 is 15.1 Å². The van der Waals surface area contributed by atoms with Crippen LogP contribution in [0.2, 0.25) is 0 Å². The normalized spacial score (nSPS) is 13.2. The largest absolute Gasteiger partial charge is 0.444 e. The number of nitrogens with zero attached hydrogens (tertiary/aromatic N) is 2. The van der Waals surface area contributed by atoms with Gasteiger partial charge in [0.15, 0.2) is 12.2 Å². The summed E-state index contributed by atoms with van der Waals surface area (Å²) in [5.74, 6) is 2.13. The highest BCUT2D eigenvalue weighted by atomic mass is 16.3. The van der Waals surface area contributed by atoms with Crippen molar-refractivity contribution in [3.05, 3.63) is 36.6 Å². The molecule has 1 aromatic carbocycles. The van der Waals surface area contributed by atoms with Crippen molar-refractivity contribution in [2.75, 3.05) is 0 Å². The van der Waals surface area contributed by atoms with E-state index < -0.39 is 0 Å². The quantitative estimate of drug-likeness (QED) is 0.762. The van der Waals surface area contributed by atoms with Gasteiger partial charge >= 0.3 is 0 Å². The highest BCUT2D eigenvalue weighted by molar-refractivity contribution is 5.80. The SMILES string of the molecule is CC(C)C[C@@H](N)c1nc2ccc(-c3cnco3)cc2[nH]1. The molecule has 0 fully saturated rings. The van der Waals surface area contributed by atoms with E-state index in [1.54, 1.807) is 6.20 Å². The van der Waals surface area contributed by atoms with E-state index in [2.05, 4.69) is 28.8 Å². The lowest BCUT2D eigenvalue weighted by Crippen LogP contribution is -2.14. The van der Waals surface area contributed by atoms with Gasteiger partial charge in [-0.25, -0.2) is 9.97 Å². The highest BCUT2D eigenvalue weighted by Gasteiger charge is 2.13. The molecule has 3 rings (SSSR count). The van der Waals surface area contributed by atoms with E-state index in [0.29, 0.717) is 5.92 Å². The van der Waals surface area contributed by atoms with Crippen LogP contribution in [-0.4, -0.2) is 15.0 Å². The molecule has 2 heterocycles. The van der Waals surface area contributed by atoms with Crippen LogP contribution in [0.3, 0.4) is 0 Å². The summed E-state index contributed by atoms with van der Waals surface area (Å²) in [6.07, 6.45) is 4.04. The summed E-state index contributed by atoms with van der Waals surface area (Å²) in [6.45, 7) is 4.31. The Morgan fingerprint density at radius 1 is 1.35 bits per heavy atom. The summed E-state index contributed by atoms with van der Waals surface area (Å²) in [7, 11) is 0. The summed E-state index contributed by atoms with van der Waals surface area (Å²) in [6, 6.07) is 5.89. The maximum absolute atomic E-state index is 6.17. The predicted octanol–water partition coefficient (Wildman–Crippen LogP) is 3.26. The van der Waals surface area contributed by atoms with E-state index in [9.17, 15) is 0 Å². The van der Waals surface area contributed by atoms with Gasteiger partial charge in [0.25, 0.3) is 0 Å². The summed E-state index contributed by atoms with van der Waals surface area (Å²) in [5, 5.41) is 0. The Balaban J connectivity index is 1.95. The number of rotatable bonds is 4. The number of aromatic nitrogens is 3. The molecule has 3 aromatic rings. The fraction of sp³-hybridized carbons (Fsp3) is 0.333. The molecule has 0 aliphatic rings. The number of fused-ring (bicyclic) bond motifs is 1.